The van der Waals surface area contributed by atoms with Gasteiger partial charge in [0.25, 0.3) is 0 Å². The summed E-state index contributed by atoms with van der Waals surface area (Å²) < 4.78 is 0. The van der Waals surface area contributed by atoms with Crippen molar-refractivity contribution in [3.05, 3.63) is 67.6 Å². The number of halogens is 2. The number of hydrogen-bond donors (Lipinski definition) is 0. The van der Waals surface area contributed by atoms with Crippen molar-refractivity contribution in [3.8, 4) is 0 Å². The Bertz CT molecular complexity index is 656. The van der Waals surface area contributed by atoms with Crippen LogP contribution in [0.25, 0.3) is 9.96 Å². The summed E-state index contributed by atoms with van der Waals surface area (Å²) in [6.07, 6.45) is 0. The van der Waals surface area contributed by atoms with Crippen LogP contribution in [0.3, 0.4) is 0 Å². The first-order chi connectivity index (χ1) is 12.0. The summed E-state index contributed by atoms with van der Waals surface area (Å²) in [4.78, 5) is 10.2. The van der Waals surface area contributed by atoms with Gasteiger partial charge in [0, 0.05) is 0 Å². The van der Waals surface area contributed by atoms with Gasteiger partial charge in [0.15, 0.2) is 0 Å². The minimum atomic E-state index is -2.10. The number of rotatable bonds is 4. The maximum atomic E-state index is 5.10. The van der Waals surface area contributed by atoms with E-state index in [1.54, 1.807) is 0 Å². The van der Waals surface area contributed by atoms with Crippen molar-refractivity contribution in [1.82, 2.24) is 0 Å². The van der Waals surface area contributed by atoms with Crippen molar-refractivity contribution in [2.75, 3.05) is 0 Å². The van der Waals surface area contributed by atoms with Crippen molar-refractivity contribution >= 4 is 38.4 Å². The van der Waals surface area contributed by atoms with Gasteiger partial charge in [0.05, 0.1) is 0 Å². The summed E-state index contributed by atoms with van der Waals surface area (Å²) in [5, 5.41) is 0. The first kappa shape index (κ1) is 23.6. The third-order valence-electron chi connectivity index (χ3n) is 4.04. The van der Waals surface area contributed by atoms with Crippen molar-refractivity contribution in [2.45, 2.75) is 54.6 Å². The second-order valence-electron chi connectivity index (χ2n) is 7.28. The molecule has 0 saturated carbocycles. The molecule has 0 aliphatic rings. The topological polar surface area (TPSA) is 28.2 Å². The molecule has 2 nitrogen and oxygen atoms in total. The molecule has 0 saturated heterocycles. The van der Waals surface area contributed by atoms with E-state index in [9.17, 15) is 0 Å². The van der Waals surface area contributed by atoms with E-state index in [2.05, 4.69) is 78.9 Å². The number of aryl methyl sites for hydroxylation is 6. The van der Waals surface area contributed by atoms with E-state index in [0.717, 1.165) is 11.4 Å². The van der Waals surface area contributed by atoms with Crippen molar-refractivity contribution < 1.29 is 17.0 Å². The van der Waals surface area contributed by atoms with Gasteiger partial charge in [-0.1, -0.05) is 57.6 Å². The molecule has 0 amide bonds. The van der Waals surface area contributed by atoms with E-state index < -0.39 is 25.4 Å². The van der Waals surface area contributed by atoms with Gasteiger partial charge in [0.1, 0.15) is 0 Å². The zero-order valence-electron chi connectivity index (χ0n) is 17.0. The van der Waals surface area contributed by atoms with Crippen LogP contribution in [-0.2, 0) is 17.0 Å². The minimum absolute atomic E-state index is 0.556. The van der Waals surface area contributed by atoms with Gasteiger partial charge in [-0.05, 0) is 41.5 Å². The van der Waals surface area contributed by atoms with Gasteiger partial charge in [-0.15, -0.1) is 32.9 Å². The SMILES string of the molecule is Cc1cc(C)c([N-][Si](C)(C)[N-]c2c(C)cc(C)cc2C)c(C)c1.[Cl][Ti][Cl]. The van der Waals surface area contributed by atoms with Gasteiger partial charge in [-0.3, -0.25) is 0 Å². The van der Waals surface area contributed by atoms with Gasteiger partial charge in [-0.25, -0.2) is 0 Å². The standard InChI is InChI=1S/C20H28N2Si.2ClH.Ti/c1-13-9-15(3)19(16(4)10-13)21-23(7,8)22-20-17(5)11-14(2)12-18(20)6;;;/h9-12H,1-8H3;2*1H;/q-2;;;+2/p-2. The molecule has 0 bridgehead atoms. The molecule has 0 fully saturated rings. The van der Waals surface area contributed by atoms with E-state index in [-0.39, 0.29) is 0 Å². The fourth-order valence-electron chi connectivity index (χ4n) is 3.27. The Balaban J connectivity index is 0.00000105. The van der Waals surface area contributed by atoms with Crippen LogP contribution in [0.1, 0.15) is 33.4 Å². The molecule has 142 valence electrons. The molecule has 0 aliphatic carbocycles. The maximum absolute atomic E-state index is 5.10. The second kappa shape index (κ2) is 10.2. The van der Waals surface area contributed by atoms with Crippen LogP contribution in [0.2, 0.25) is 13.1 Å². The third-order valence-corrected chi connectivity index (χ3v) is 5.58. The average molecular weight is 443 g/mol. The summed E-state index contributed by atoms with van der Waals surface area (Å²) in [5.74, 6) is 0. The van der Waals surface area contributed by atoms with Crippen molar-refractivity contribution in [1.29, 1.82) is 0 Å². The summed E-state index contributed by atoms with van der Waals surface area (Å²) >= 11 is -0.556. The summed E-state index contributed by atoms with van der Waals surface area (Å²) in [5.41, 5.74) is 9.82. The Morgan fingerprint density at radius 2 is 0.885 bits per heavy atom. The Morgan fingerprint density at radius 3 is 1.12 bits per heavy atom. The summed E-state index contributed by atoms with van der Waals surface area (Å²) in [6, 6.07) is 8.83. The van der Waals surface area contributed by atoms with Gasteiger partial charge < -0.3 is 9.96 Å². The number of benzene rings is 2. The zero-order valence-corrected chi connectivity index (χ0v) is 21.0. The monoisotopic (exact) mass is 442 g/mol. The normalized spacial score (nSPS) is 10.7. The number of nitrogens with zero attached hydrogens (tertiary/aromatic N) is 2. The van der Waals surface area contributed by atoms with E-state index in [4.69, 9.17) is 28.6 Å². The molecule has 0 aromatic heterocycles. The molecule has 0 radical (unpaired) electrons. The summed E-state index contributed by atoms with van der Waals surface area (Å²) in [7, 11) is 7.68. The fraction of sp³-hybridized carbons (Fsp3) is 0.400. The fourth-order valence-corrected chi connectivity index (χ4v) is 5.12. The Morgan fingerprint density at radius 1 is 0.654 bits per heavy atom. The van der Waals surface area contributed by atoms with Crippen LogP contribution in [0, 0.1) is 41.5 Å². The second-order valence-corrected chi connectivity index (χ2v) is 13.3. The molecular formula is C20H28Cl2N2SiTi-2. The van der Waals surface area contributed by atoms with Crippen LogP contribution in [-0.4, -0.2) is 8.40 Å². The van der Waals surface area contributed by atoms with Gasteiger partial charge >= 0.3 is 35.6 Å². The first-order valence-electron chi connectivity index (χ1n) is 8.58. The van der Waals surface area contributed by atoms with Gasteiger partial charge in [-0.2, -0.15) is 0 Å². The molecule has 2 rings (SSSR count). The molecule has 6 heteroatoms. The predicted octanol–water partition coefficient (Wildman–Crippen LogP) is 8.33. The molecule has 0 N–H and O–H groups in total. The van der Waals surface area contributed by atoms with E-state index >= 15 is 0 Å². The molecule has 2 aromatic carbocycles. The van der Waals surface area contributed by atoms with Crippen LogP contribution in [0.15, 0.2) is 24.3 Å². The Labute approximate surface area is 176 Å². The first-order valence-corrected chi connectivity index (χ1v) is 15.8. The van der Waals surface area contributed by atoms with Crippen LogP contribution in [0.5, 0.6) is 0 Å². The van der Waals surface area contributed by atoms with E-state index in [1.165, 1.54) is 33.4 Å². The Hall–Kier alpha value is -0.449. The molecule has 0 heterocycles. The number of hydrogen-bond acceptors (Lipinski definition) is 0. The zero-order chi connectivity index (χ0) is 20.1. The molecule has 0 unspecified atom stereocenters. The van der Waals surface area contributed by atoms with E-state index in [0.29, 0.717) is 0 Å². The molecule has 26 heavy (non-hydrogen) atoms. The average Bonchev–Trinajstić information content (AvgIpc) is 2.48. The third kappa shape index (κ3) is 6.94. The molecule has 0 aliphatic heterocycles. The molecule has 2 aromatic rings. The van der Waals surface area contributed by atoms with Crippen LogP contribution < -0.4 is 0 Å². The molecule has 0 spiro atoms. The predicted molar refractivity (Wildman–Crippen MR) is 117 cm³/mol. The summed E-state index contributed by atoms with van der Waals surface area (Å²) in [6.45, 7) is 17.3. The van der Waals surface area contributed by atoms with Crippen molar-refractivity contribution in [2.24, 2.45) is 0 Å². The molecule has 0 atom stereocenters. The Kier molecular flexibility index (Phi) is 9.25. The van der Waals surface area contributed by atoms with Crippen molar-refractivity contribution in [3.63, 3.8) is 0 Å². The van der Waals surface area contributed by atoms with Gasteiger partial charge in [0.2, 0.25) is 0 Å². The van der Waals surface area contributed by atoms with E-state index in [1.807, 2.05) is 0 Å². The van der Waals surface area contributed by atoms with Crippen LogP contribution in [0.4, 0.5) is 11.4 Å². The van der Waals surface area contributed by atoms with Crippen LogP contribution >= 0.6 is 18.6 Å². The quantitative estimate of drug-likeness (QED) is 0.425. The molecular weight excluding hydrogens is 415 g/mol.